The molecule has 0 aliphatic heterocycles. The summed E-state index contributed by atoms with van der Waals surface area (Å²) in [6.45, 7) is 4.58. The van der Waals surface area contributed by atoms with Crippen LogP contribution in [0.25, 0.3) is 0 Å². The summed E-state index contributed by atoms with van der Waals surface area (Å²) >= 11 is 0. The van der Waals surface area contributed by atoms with E-state index >= 15 is 0 Å². The number of unbranched alkanes of at least 4 members (excludes halogenated alkanes) is 1. The Kier molecular flexibility index (Phi) is 5.65. The molecule has 22 heavy (non-hydrogen) atoms. The molecule has 7 nitrogen and oxygen atoms in total. The van der Waals surface area contributed by atoms with Gasteiger partial charge in [-0.25, -0.2) is 9.89 Å². The second-order valence-corrected chi connectivity index (χ2v) is 4.72. The van der Waals surface area contributed by atoms with Crippen LogP contribution in [0.2, 0.25) is 0 Å². The Balaban J connectivity index is 1.93. The maximum absolute atomic E-state index is 11.1. The van der Waals surface area contributed by atoms with Crippen LogP contribution in [-0.4, -0.2) is 28.0 Å². The Hall–Kier alpha value is -2.70. The van der Waals surface area contributed by atoms with E-state index in [9.17, 15) is 4.79 Å². The number of nitrogens with zero attached hydrogens (tertiary/aromatic N) is 3. The fourth-order valence-corrected chi connectivity index (χ4v) is 1.65. The number of hydrazone groups is 1. The number of ether oxygens (including phenoxy) is 1. The van der Waals surface area contributed by atoms with Crippen molar-refractivity contribution >= 4 is 12.0 Å². The smallest absolute Gasteiger partial charge is 0.363 e. The summed E-state index contributed by atoms with van der Waals surface area (Å²) in [5.74, 6) is 1.18. The summed E-state index contributed by atoms with van der Waals surface area (Å²) in [6, 6.07) is 7.61. The van der Waals surface area contributed by atoms with E-state index in [-0.39, 0.29) is 0 Å². The second kappa shape index (κ2) is 7.92. The number of H-pyrrole nitrogens is 1. The molecule has 2 rings (SSSR count). The third-order valence-corrected chi connectivity index (χ3v) is 2.91. The van der Waals surface area contributed by atoms with Crippen molar-refractivity contribution in [2.75, 3.05) is 12.0 Å². The van der Waals surface area contributed by atoms with Gasteiger partial charge in [-0.1, -0.05) is 13.3 Å². The van der Waals surface area contributed by atoms with Gasteiger partial charge in [0.2, 0.25) is 0 Å². The highest BCUT2D eigenvalue weighted by molar-refractivity contribution is 5.80. The first-order valence-corrected chi connectivity index (χ1v) is 7.14. The van der Waals surface area contributed by atoms with Crippen molar-refractivity contribution in [3.05, 3.63) is 46.0 Å². The van der Waals surface area contributed by atoms with Crippen molar-refractivity contribution in [2.45, 2.75) is 26.7 Å². The van der Waals surface area contributed by atoms with E-state index in [0.717, 1.165) is 30.8 Å². The Morgan fingerprint density at radius 1 is 1.36 bits per heavy atom. The van der Waals surface area contributed by atoms with Gasteiger partial charge >= 0.3 is 5.69 Å². The SMILES string of the molecule is CCCCOc1ccc(C=NNc2nc(=O)[nH]nc2C)cc1. The summed E-state index contributed by atoms with van der Waals surface area (Å²) in [4.78, 5) is 14.8. The van der Waals surface area contributed by atoms with E-state index in [0.29, 0.717) is 11.5 Å². The van der Waals surface area contributed by atoms with Crippen molar-refractivity contribution in [3.8, 4) is 5.75 Å². The molecule has 0 aliphatic rings. The molecule has 0 atom stereocenters. The number of aromatic amines is 1. The van der Waals surface area contributed by atoms with Crippen LogP contribution >= 0.6 is 0 Å². The lowest BCUT2D eigenvalue weighted by Crippen LogP contribution is -2.15. The number of anilines is 1. The van der Waals surface area contributed by atoms with Crippen LogP contribution in [0.4, 0.5) is 5.82 Å². The molecule has 0 fully saturated rings. The van der Waals surface area contributed by atoms with Gasteiger partial charge in [-0.05, 0) is 43.2 Å². The lowest BCUT2D eigenvalue weighted by molar-refractivity contribution is 0.309. The number of hydrogen-bond donors (Lipinski definition) is 2. The molecule has 0 radical (unpaired) electrons. The number of benzene rings is 1. The van der Waals surface area contributed by atoms with Gasteiger partial charge in [-0.3, -0.25) is 5.43 Å². The number of nitrogens with one attached hydrogen (secondary N) is 2. The van der Waals surface area contributed by atoms with Crippen LogP contribution in [0, 0.1) is 6.92 Å². The third kappa shape index (κ3) is 4.69. The number of rotatable bonds is 7. The average molecular weight is 301 g/mol. The van der Waals surface area contributed by atoms with Crippen molar-refractivity contribution in [2.24, 2.45) is 5.10 Å². The zero-order valence-corrected chi connectivity index (χ0v) is 12.7. The molecular formula is C15H19N5O2. The molecule has 2 aromatic rings. The Morgan fingerprint density at radius 2 is 2.14 bits per heavy atom. The molecule has 0 aliphatic carbocycles. The highest BCUT2D eigenvalue weighted by atomic mass is 16.5. The monoisotopic (exact) mass is 301 g/mol. The fraction of sp³-hybridized carbons (Fsp3) is 0.333. The standard InChI is InChI=1S/C15H19N5O2/c1-3-4-9-22-13-7-5-12(6-8-13)10-16-19-14-11(2)18-20-15(21)17-14/h5-8,10H,3-4,9H2,1-2H3,(H2,17,19,20,21). The molecule has 0 unspecified atom stereocenters. The molecule has 0 spiro atoms. The number of aryl methyl sites for hydroxylation is 1. The number of hydrogen-bond acceptors (Lipinski definition) is 6. The summed E-state index contributed by atoms with van der Waals surface area (Å²) in [7, 11) is 0. The van der Waals surface area contributed by atoms with Gasteiger partial charge in [0.25, 0.3) is 0 Å². The van der Waals surface area contributed by atoms with Crippen LogP contribution < -0.4 is 15.9 Å². The largest absolute Gasteiger partial charge is 0.494 e. The minimum Gasteiger partial charge on any atom is -0.494 e. The molecule has 0 amide bonds. The Morgan fingerprint density at radius 3 is 2.86 bits per heavy atom. The molecule has 7 heteroatoms. The van der Waals surface area contributed by atoms with Crippen molar-refractivity contribution in [3.63, 3.8) is 0 Å². The molecule has 1 heterocycles. The number of aromatic nitrogens is 3. The van der Waals surface area contributed by atoms with Crippen LogP contribution in [-0.2, 0) is 0 Å². The lowest BCUT2D eigenvalue weighted by atomic mass is 10.2. The van der Waals surface area contributed by atoms with Gasteiger partial charge in [0.1, 0.15) is 11.4 Å². The highest BCUT2D eigenvalue weighted by Gasteiger charge is 2.00. The molecule has 0 saturated heterocycles. The summed E-state index contributed by atoms with van der Waals surface area (Å²) in [5, 5.41) is 10.1. The first-order valence-electron chi connectivity index (χ1n) is 7.14. The van der Waals surface area contributed by atoms with Crippen LogP contribution in [0.15, 0.2) is 34.2 Å². The highest BCUT2D eigenvalue weighted by Crippen LogP contribution is 2.11. The minimum absolute atomic E-state index is 0.333. The van der Waals surface area contributed by atoms with Crippen LogP contribution in [0.1, 0.15) is 31.0 Å². The molecule has 0 bridgehead atoms. The summed E-state index contributed by atoms with van der Waals surface area (Å²) in [5.41, 5.74) is 3.66. The van der Waals surface area contributed by atoms with E-state index in [1.54, 1.807) is 13.1 Å². The molecular weight excluding hydrogens is 282 g/mol. The van der Waals surface area contributed by atoms with Crippen LogP contribution in [0.3, 0.4) is 0 Å². The second-order valence-electron chi connectivity index (χ2n) is 4.72. The molecule has 2 N–H and O–H groups in total. The fourth-order valence-electron chi connectivity index (χ4n) is 1.65. The molecule has 0 saturated carbocycles. The topological polar surface area (TPSA) is 92.3 Å². The first-order chi connectivity index (χ1) is 10.7. The van der Waals surface area contributed by atoms with Gasteiger partial charge in [-0.2, -0.15) is 15.2 Å². The van der Waals surface area contributed by atoms with Gasteiger partial charge < -0.3 is 4.74 Å². The van der Waals surface area contributed by atoms with E-state index in [1.807, 2.05) is 24.3 Å². The third-order valence-electron chi connectivity index (χ3n) is 2.91. The molecule has 1 aromatic carbocycles. The molecule has 116 valence electrons. The van der Waals surface area contributed by atoms with Crippen LogP contribution in [0.5, 0.6) is 5.75 Å². The van der Waals surface area contributed by atoms with E-state index < -0.39 is 5.69 Å². The van der Waals surface area contributed by atoms with E-state index in [1.165, 1.54) is 0 Å². The molecule has 1 aromatic heterocycles. The normalized spacial score (nSPS) is 10.8. The van der Waals surface area contributed by atoms with Crippen molar-refractivity contribution < 1.29 is 4.74 Å². The zero-order valence-electron chi connectivity index (χ0n) is 12.7. The van der Waals surface area contributed by atoms with Crippen molar-refractivity contribution in [1.82, 2.24) is 15.2 Å². The van der Waals surface area contributed by atoms with Gasteiger partial charge in [0.15, 0.2) is 5.82 Å². The Bertz CT molecular complexity index is 679. The summed E-state index contributed by atoms with van der Waals surface area (Å²) in [6.07, 6.45) is 3.79. The zero-order chi connectivity index (χ0) is 15.8. The quantitative estimate of drug-likeness (QED) is 0.464. The minimum atomic E-state index is -0.517. The van der Waals surface area contributed by atoms with Gasteiger partial charge in [-0.15, -0.1) is 0 Å². The van der Waals surface area contributed by atoms with E-state index in [2.05, 4.69) is 32.6 Å². The van der Waals surface area contributed by atoms with Crippen molar-refractivity contribution in [1.29, 1.82) is 0 Å². The Labute approximate surface area is 128 Å². The van der Waals surface area contributed by atoms with Gasteiger partial charge in [0, 0.05) is 0 Å². The average Bonchev–Trinajstić information content (AvgIpc) is 2.52. The predicted octanol–water partition coefficient (Wildman–Crippen LogP) is 2.10. The predicted molar refractivity (Wildman–Crippen MR) is 85.5 cm³/mol. The first kappa shape index (κ1) is 15.7. The lowest BCUT2D eigenvalue weighted by Gasteiger charge is -2.05. The maximum atomic E-state index is 11.1. The summed E-state index contributed by atoms with van der Waals surface area (Å²) < 4.78 is 5.59. The van der Waals surface area contributed by atoms with E-state index in [4.69, 9.17) is 4.74 Å². The van der Waals surface area contributed by atoms with Gasteiger partial charge in [0.05, 0.1) is 12.8 Å². The maximum Gasteiger partial charge on any atom is 0.363 e.